The summed E-state index contributed by atoms with van der Waals surface area (Å²) < 4.78 is 5.67. The molecule has 0 saturated heterocycles. The summed E-state index contributed by atoms with van der Waals surface area (Å²) in [4.78, 5) is 11.1. The standard InChI is InChI=1S/C15H15NO3/c1-10-7-13(5-6-14(10)15(16)18)19-12-4-2-3-11(8-12)9-17/h2-8,17H,9H2,1H3,(H2,16,18). The molecule has 0 aliphatic rings. The highest BCUT2D eigenvalue weighted by Crippen LogP contribution is 2.24. The topological polar surface area (TPSA) is 72.6 Å². The Morgan fingerprint density at radius 2 is 1.95 bits per heavy atom. The largest absolute Gasteiger partial charge is 0.457 e. The van der Waals surface area contributed by atoms with Crippen LogP contribution >= 0.6 is 0 Å². The Bertz CT molecular complexity index is 608. The number of aryl methyl sites for hydroxylation is 1. The lowest BCUT2D eigenvalue weighted by atomic mass is 10.1. The van der Waals surface area contributed by atoms with Gasteiger partial charge in [-0.1, -0.05) is 12.1 Å². The number of hydrogen-bond acceptors (Lipinski definition) is 3. The Morgan fingerprint density at radius 1 is 1.21 bits per heavy atom. The van der Waals surface area contributed by atoms with Gasteiger partial charge < -0.3 is 15.6 Å². The SMILES string of the molecule is Cc1cc(Oc2cccc(CO)c2)ccc1C(N)=O. The zero-order chi connectivity index (χ0) is 13.8. The van der Waals surface area contributed by atoms with E-state index < -0.39 is 5.91 Å². The van der Waals surface area contributed by atoms with Gasteiger partial charge in [0.25, 0.3) is 0 Å². The number of aliphatic hydroxyl groups excluding tert-OH is 1. The minimum absolute atomic E-state index is 0.0309. The molecule has 2 rings (SSSR count). The highest BCUT2D eigenvalue weighted by molar-refractivity contribution is 5.94. The Balaban J connectivity index is 2.23. The number of ether oxygens (including phenoxy) is 1. The molecule has 3 N–H and O–H groups in total. The van der Waals surface area contributed by atoms with Gasteiger partial charge >= 0.3 is 0 Å². The Hall–Kier alpha value is -2.33. The van der Waals surface area contributed by atoms with E-state index in [0.717, 1.165) is 11.1 Å². The minimum atomic E-state index is -0.452. The van der Waals surface area contributed by atoms with E-state index in [-0.39, 0.29) is 6.61 Å². The highest BCUT2D eigenvalue weighted by Gasteiger charge is 2.06. The van der Waals surface area contributed by atoms with Crippen LogP contribution in [0.3, 0.4) is 0 Å². The van der Waals surface area contributed by atoms with Gasteiger partial charge in [-0.05, 0) is 48.4 Å². The van der Waals surface area contributed by atoms with Crippen molar-refractivity contribution < 1.29 is 14.6 Å². The summed E-state index contributed by atoms with van der Waals surface area (Å²) in [5, 5.41) is 9.06. The van der Waals surface area contributed by atoms with Crippen LogP contribution in [0.2, 0.25) is 0 Å². The molecule has 0 spiro atoms. The molecule has 4 nitrogen and oxygen atoms in total. The summed E-state index contributed by atoms with van der Waals surface area (Å²) >= 11 is 0. The van der Waals surface area contributed by atoms with E-state index in [1.807, 2.05) is 12.1 Å². The van der Waals surface area contributed by atoms with Gasteiger partial charge in [0.1, 0.15) is 11.5 Å². The number of amides is 1. The Labute approximate surface area is 111 Å². The van der Waals surface area contributed by atoms with Gasteiger partial charge in [0.2, 0.25) is 5.91 Å². The molecule has 0 bridgehead atoms. The molecule has 2 aromatic rings. The highest BCUT2D eigenvalue weighted by atomic mass is 16.5. The number of carbonyl (C=O) groups is 1. The maximum atomic E-state index is 11.1. The molecule has 4 heteroatoms. The van der Waals surface area contributed by atoms with Gasteiger partial charge in [-0.2, -0.15) is 0 Å². The molecule has 0 saturated carbocycles. The molecule has 0 aliphatic carbocycles. The van der Waals surface area contributed by atoms with Crippen molar-refractivity contribution in [3.63, 3.8) is 0 Å². The lowest BCUT2D eigenvalue weighted by molar-refractivity contribution is 0.0999. The van der Waals surface area contributed by atoms with Crippen LogP contribution < -0.4 is 10.5 Å². The predicted octanol–water partition coefficient (Wildman–Crippen LogP) is 2.38. The quantitative estimate of drug-likeness (QED) is 0.883. The first-order valence-corrected chi connectivity index (χ1v) is 5.88. The van der Waals surface area contributed by atoms with Crippen LogP contribution in [0.5, 0.6) is 11.5 Å². The smallest absolute Gasteiger partial charge is 0.248 e. The van der Waals surface area contributed by atoms with Crippen molar-refractivity contribution in [3.8, 4) is 11.5 Å². The van der Waals surface area contributed by atoms with Crippen molar-refractivity contribution >= 4 is 5.91 Å². The first kappa shape index (κ1) is 13.1. The number of aliphatic hydroxyl groups is 1. The van der Waals surface area contributed by atoms with Crippen molar-refractivity contribution in [2.75, 3.05) is 0 Å². The van der Waals surface area contributed by atoms with Gasteiger partial charge in [-0.15, -0.1) is 0 Å². The summed E-state index contributed by atoms with van der Waals surface area (Å²) in [6.07, 6.45) is 0. The first-order valence-electron chi connectivity index (χ1n) is 5.88. The number of benzene rings is 2. The molecule has 0 aromatic heterocycles. The average molecular weight is 257 g/mol. The second-order valence-electron chi connectivity index (χ2n) is 4.25. The van der Waals surface area contributed by atoms with Gasteiger partial charge in [-0.25, -0.2) is 0 Å². The van der Waals surface area contributed by atoms with E-state index in [9.17, 15) is 4.79 Å². The Morgan fingerprint density at radius 3 is 2.58 bits per heavy atom. The second kappa shape index (κ2) is 5.54. The molecule has 0 atom stereocenters. The van der Waals surface area contributed by atoms with Gasteiger partial charge in [0.05, 0.1) is 6.61 Å². The zero-order valence-corrected chi connectivity index (χ0v) is 10.6. The fourth-order valence-electron chi connectivity index (χ4n) is 1.82. The monoisotopic (exact) mass is 257 g/mol. The summed E-state index contributed by atoms with van der Waals surface area (Å²) in [5.41, 5.74) is 7.28. The van der Waals surface area contributed by atoms with Crippen LogP contribution in [0, 0.1) is 6.92 Å². The molecular formula is C15H15NO3. The molecule has 0 heterocycles. The normalized spacial score (nSPS) is 10.2. The van der Waals surface area contributed by atoms with Gasteiger partial charge in [0, 0.05) is 5.56 Å². The number of hydrogen-bond donors (Lipinski definition) is 2. The fraction of sp³-hybridized carbons (Fsp3) is 0.133. The number of nitrogens with two attached hydrogens (primary N) is 1. The van der Waals surface area contributed by atoms with E-state index in [1.165, 1.54) is 0 Å². The van der Waals surface area contributed by atoms with E-state index in [4.69, 9.17) is 15.6 Å². The first-order chi connectivity index (χ1) is 9.10. The molecule has 0 aliphatic heterocycles. The zero-order valence-electron chi connectivity index (χ0n) is 10.6. The van der Waals surface area contributed by atoms with Crippen molar-refractivity contribution in [2.45, 2.75) is 13.5 Å². The van der Waals surface area contributed by atoms with Crippen LogP contribution in [-0.4, -0.2) is 11.0 Å². The second-order valence-corrected chi connectivity index (χ2v) is 4.25. The molecule has 2 aromatic carbocycles. The van der Waals surface area contributed by atoms with Crippen molar-refractivity contribution in [2.24, 2.45) is 5.73 Å². The van der Waals surface area contributed by atoms with Gasteiger partial charge in [-0.3, -0.25) is 4.79 Å². The van der Waals surface area contributed by atoms with Crippen molar-refractivity contribution in [3.05, 3.63) is 59.2 Å². The van der Waals surface area contributed by atoms with Crippen molar-refractivity contribution in [1.29, 1.82) is 0 Å². The number of carbonyl (C=O) groups excluding carboxylic acids is 1. The van der Waals surface area contributed by atoms with Crippen molar-refractivity contribution in [1.82, 2.24) is 0 Å². The third-order valence-corrected chi connectivity index (χ3v) is 2.78. The molecule has 19 heavy (non-hydrogen) atoms. The van der Waals surface area contributed by atoms with E-state index >= 15 is 0 Å². The van der Waals surface area contributed by atoms with Crippen LogP contribution in [-0.2, 0) is 6.61 Å². The molecule has 0 fully saturated rings. The predicted molar refractivity (Wildman–Crippen MR) is 72.1 cm³/mol. The number of primary amides is 1. The molecule has 0 radical (unpaired) electrons. The summed E-state index contributed by atoms with van der Waals surface area (Å²) in [5.74, 6) is 0.807. The Kier molecular flexibility index (Phi) is 3.82. The van der Waals surface area contributed by atoms with Gasteiger partial charge in [0.15, 0.2) is 0 Å². The lowest BCUT2D eigenvalue weighted by Gasteiger charge is -2.09. The third kappa shape index (κ3) is 3.11. The summed E-state index contributed by atoms with van der Waals surface area (Å²) in [6.45, 7) is 1.77. The summed E-state index contributed by atoms with van der Waals surface area (Å²) in [6, 6.07) is 12.3. The van der Waals surface area contributed by atoms with Crippen LogP contribution in [0.25, 0.3) is 0 Å². The average Bonchev–Trinajstić information content (AvgIpc) is 2.38. The van der Waals surface area contributed by atoms with Crippen LogP contribution in [0.1, 0.15) is 21.5 Å². The third-order valence-electron chi connectivity index (χ3n) is 2.78. The molecule has 0 unspecified atom stereocenters. The minimum Gasteiger partial charge on any atom is -0.457 e. The van der Waals surface area contributed by atoms with E-state index in [1.54, 1.807) is 37.3 Å². The van der Waals surface area contributed by atoms with E-state index in [0.29, 0.717) is 17.1 Å². The molecule has 1 amide bonds. The number of rotatable bonds is 4. The summed E-state index contributed by atoms with van der Waals surface area (Å²) in [7, 11) is 0. The lowest BCUT2D eigenvalue weighted by Crippen LogP contribution is -2.12. The molecule has 98 valence electrons. The maximum Gasteiger partial charge on any atom is 0.248 e. The van der Waals surface area contributed by atoms with Crippen LogP contribution in [0.4, 0.5) is 0 Å². The fourth-order valence-corrected chi connectivity index (χ4v) is 1.82. The maximum absolute atomic E-state index is 11.1. The molecular weight excluding hydrogens is 242 g/mol. The van der Waals surface area contributed by atoms with E-state index in [2.05, 4.69) is 0 Å². The van der Waals surface area contributed by atoms with Crippen LogP contribution in [0.15, 0.2) is 42.5 Å².